The Kier molecular flexibility index (Phi) is 2.98. The van der Waals surface area contributed by atoms with Crippen LogP contribution < -0.4 is 5.32 Å². The molecule has 0 aliphatic carbocycles. The van der Waals surface area contributed by atoms with Crippen LogP contribution in [0.25, 0.3) is 5.52 Å². The lowest BCUT2D eigenvalue weighted by molar-refractivity contribution is 0.0945. The molecular formula is C14H15N5O. The number of fused-ring (bicyclic) bond motifs is 1. The van der Waals surface area contributed by atoms with Crippen LogP contribution in [-0.2, 0) is 13.6 Å². The van der Waals surface area contributed by atoms with Crippen LogP contribution in [0.2, 0.25) is 0 Å². The lowest BCUT2D eigenvalue weighted by Crippen LogP contribution is -2.23. The topological polar surface area (TPSA) is 64.2 Å². The van der Waals surface area contributed by atoms with Gasteiger partial charge in [0.05, 0.1) is 5.52 Å². The number of aromatic nitrogens is 4. The van der Waals surface area contributed by atoms with Crippen molar-refractivity contribution >= 4 is 11.4 Å². The molecule has 1 amide bonds. The van der Waals surface area contributed by atoms with Crippen LogP contribution in [0.4, 0.5) is 0 Å². The monoisotopic (exact) mass is 269 g/mol. The maximum Gasteiger partial charge on any atom is 0.272 e. The molecule has 0 aromatic carbocycles. The van der Waals surface area contributed by atoms with Gasteiger partial charge in [-0.05, 0) is 30.7 Å². The molecule has 0 unspecified atom stereocenters. The molecule has 0 saturated heterocycles. The summed E-state index contributed by atoms with van der Waals surface area (Å²) < 4.78 is 3.47. The van der Waals surface area contributed by atoms with Gasteiger partial charge in [0.1, 0.15) is 5.69 Å². The van der Waals surface area contributed by atoms with Gasteiger partial charge in [0.25, 0.3) is 5.91 Å². The van der Waals surface area contributed by atoms with Crippen molar-refractivity contribution < 1.29 is 4.79 Å². The molecule has 3 heterocycles. The van der Waals surface area contributed by atoms with Crippen molar-refractivity contribution in [2.24, 2.45) is 7.05 Å². The quantitative estimate of drug-likeness (QED) is 0.779. The van der Waals surface area contributed by atoms with E-state index in [-0.39, 0.29) is 5.91 Å². The molecule has 0 radical (unpaired) electrons. The fourth-order valence-electron chi connectivity index (χ4n) is 2.10. The van der Waals surface area contributed by atoms with Gasteiger partial charge >= 0.3 is 0 Å². The second kappa shape index (κ2) is 4.80. The molecule has 20 heavy (non-hydrogen) atoms. The summed E-state index contributed by atoms with van der Waals surface area (Å²) in [5.74, 6) is -0.171. The van der Waals surface area contributed by atoms with Crippen LogP contribution in [-0.4, -0.2) is 25.3 Å². The molecule has 6 nitrogen and oxygen atoms in total. The molecule has 6 heteroatoms. The maximum atomic E-state index is 12.0. The fourth-order valence-corrected chi connectivity index (χ4v) is 2.10. The Bertz CT molecular complexity index is 751. The second-order valence-corrected chi connectivity index (χ2v) is 4.67. The third kappa shape index (κ3) is 2.16. The lowest BCUT2D eigenvalue weighted by atomic mass is 10.2. The smallest absolute Gasteiger partial charge is 0.272 e. The number of hydrogen-bond donors (Lipinski definition) is 1. The van der Waals surface area contributed by atoms with Crippen LogP contribution in [0.1, 0.15) is 21.7 Å². The number of nitrogens with zero attached hydrogens (tertiary/aromatic N) is 4. The molecule has 0 fully saturated rings. The minimum atomic E-state index is -0.171. The molecule has 0 saturated carbocycles. The van der Waals surface area contributed by atoms with E-state index in [1.165, 1.54) is 0 Å². The highest BCUT2D eigenvalue weighted by Gasteiger charge is 2.11. The zero-order valence-corrected chi connectivity index (χ0v) is 11.4. The van der Waals surface area contributed by atoms with Gasteiger partial charge in [-0.3, -0.25) is 9.48 Å². The third-order valence-electron chi connectivity index (χ3n) is 3.31. The summed E-state index contributed by atoms with van der Waals surface area (Å²) in [5, 5.41) is 11.2. The van der Waals surface area contributed by atoms with Crippen molar-refractivity contribution in [3.05, 3.63) is 53.6 Å². The number of amides is 1. The van der Waals surface area contributed by atoms with Crippen molar-refractivity contribution in [1.29, 1.82) is 0 Å². The molecule has 1 N–H and O–H groups in total. The van der Waals surface area contributed by atoms with E-state index in [4.69, 9.17) is 0 Å². The Hall–Kier alpha value is -2.63. The highest BCUT2D eigenvalue weighted by Crippen LogP contribution is 2.10. The van der Waals surface area contributed by atoms with Gasteiger partial charge in [-0.1, -0.05) is 6.07 Å². The average Bonchev–Trinajstić information content (AvgIpc) is 3.03. The van der Waals surface area contributed by atoms with Crippen LogP contribution in [0.5, 0.6) is 0 Å². The van der Waals surface area contributed by atoms with Crippen molar-refractivity contribution in [2.75, 3.05) is 0 Å². The number of pyridine rings is 1. The number of carbonyl (C=O) groups excluding carboxylic acids is 1. The first kappa shape index (κ1) is 12.4. The van der Waals surface area contributed by atoms with Gasteiger partial charge in [0.2, 0.25) is 0 Å². The fraction of sp³-hybridized carbons (Fsp3) is 0.214. The van der Waals surface area contributed by atoms with Gasteiger partial charge in [-0.15, -0.1) is 0 Å². The van der Waals surface area contributed by atoms with Crippen molar-refractivity contribution in [3.8, 4) is 0 Å². The Morgan fingerprint density at radius 3 is 3.00 bits per heavy atom. The molecule has 3 aromatic heterocycles. The Labute approximate surface area is 116 Å². The number of aryl methyl sites for hydroxylation is 2. The predicted molar refractivity (Wildman–Crippen MR) is 74.3 cm³/mol. The molecule has 102 valence electrons. The van der Waals surface area contributed by atoms with Crippen molar-refractivity contribution in [2.45, 2.75) is 13.5 Å². The summed E-state index contributed by atoms with van der Waals surface area (Å²) in [5.41, 5.74) is 3.40. The van der Waals surface area contributed by atoms with E-state index < -0.39 is 0 Å². The van der Waals surface area contributed by atoms with Gasteiger partial charge in [0, 0.05) is 31.7 Å². The highest BCUT2D eigenvalue weighted by molar-refractivity contribution is 5.92. The van der Waals surface area contributed by atoms with Crippen LogP contribution in [0, 0.1) is 6.92 Å². The normalized spacial score (nSPS) is 10.9. The lowest BCUT2D eigenvalue weighted by Gasteiger charge is -2.05. The first-order valence-corrected chi connectivity index (χ1v) is 6.35. The number of nitrogens with one attached hydrogen (secondary N) is 1. The largest absolute Gasteiger partial charge is 0.346 e. The summed E-state index contributed by atoms with van der Waals surface area (Å²) in [6, 6.07) is 7.58. The second-order valence-electron chi connectivity index (χ2n) is 4.67. The van der Waals surface area contributed by atoms with Gasteiger partial charge in [-0.25, -0.2) is 4.52 Å². The Morgan fingerprint density at radius 1 is 1.40 bits per heavy atom. The van der Waals surface area contributed by atoms with Crippen LogP contribution >= 0.6 is 0 Å². The summed E-state index contributed by atoms with van der Waals surface area (Å²) >= 11 is 0. The van der Waals surface area contributed by atoms with E-state index in [1.54, 1.807) is 21.5 Å². The first-order chi connectivity index (χ1) is 9.65. The summed E-state index contributed by atoms with van der Waals surface area (Å²) in [4.78, 5) is 12.0. The predicted octanol–water partition coefficient (Wildman–Crippen LogP) is 1.31. The van der Waals surface area contributed by atoms with E-state index in [1.807, 2.05) is 38.4 Å². The average molecular weight is 269 g/mol. The van der Waals surface area contributed by atoms with E-state index >= 15 is 0 Å². The summed E-state index contributed by atoms with van der Waals surface area (Å²) in [7, 11) is 1.82. The zero-order valence-electron chi connectivity index (χ0n) is 11.4. The molecule has 3 rings (SSSR count). The Balaban J connectivity index is 1.76. The molecule has 0 atom stereocenters. The zero-order chi connectivity index (χ0) is 14.1. The molecule has 3 aromatic rings. The van der Waals surface area contributed by atoms with Crippen LogP contribution in [0.3, 0.4) is 0 Å². The number of hydrogen-bond acceptors (Lipinski definition) is 3. The first-order valence-electron chi connectivity index (χ1n) is 6.35. The number of carbonyl (C=O) groups is 1. The standard InChI is InChI=1S/C14H15N5O/c1-10-8-12(17-18(10)2)14(20)15-9-11-4-3-7-19-13(11)5-6-16-19/h3-8H,9H2,1-2H3,(H,15,20). The molecular weight excluding hydrogens is 254 g/mol. The van der Waals surface area contributed by atoms with Gasteiger partial charge in [0.15, 0.2) is 0 Å². The van der Waals surface area contributed by atoms with Crippen LogP contribution in [0.15, 0.2) is 36.7 Å². The summed E-state index contributed by atoms with van der Waals surface area (Å²) in [6.45, 7) is 2.36. The van der Waals surface area contributed by atoms with E-state index in [9.17, 15) is 4.79 Å². The van der Waals surface area contributed by atoms with Crippen molar-refractivity contribution in [3.63, 3.8) is 0 Å². The minimum Gasteiger partial charge on any atom is -0.346 e. The highest BCUT2D eigenvalue weighted by atomic mass is 16.1. The SMILES string of the molecule is Cc1cc(C(=O)NCc2cccn3nccc23)nn1C. The van der Waals surface area contributed by atoms with E-state index in [2.05, 4.69) is 15.5 Å². The molecule has 0 spiro atoms. The van der Waals surface area contributed by atoms with E-state index in [0.717, 1.165) is 16.8 Å². The third-order valence-corrected chi connectivity index (χ3v) is 3.31. The maximum absolute atomic E-state index is 12.0. The Morgan fingerprint density at radius 2 is 2.25 bits per heavy atom. The van der Waals surface area contributed by atoms with Gasteiger partial charge in [-0.2, -0.15) is 10.2 Å². The summed E-state index contributed by atoms with van der Waals surface area (Å²) in [6.07, 6.45) is 3.62. The molecule has 0 aliphatic heterocycles. The minimum absolute atomic E-state index is 0.171. The van der Waals surface area contributed by atoms with Gasteiger partial charge < -0.3 is 5.32 Å². The molecule has 0 bridgehead atoms. The van der Waals surface area contributed by atoms with E-state index in [0.29, 0.717) is 12.2 Å². The number of rotatable bonds is 3. The molecule has 0 aliphatic rings. The van der Waals surface area contributed by atoms with Crippen molar-refractivity contribution in [1.82, 2.24) is 24.7 Å².